The van der Waals surface area contributed by atoms with Gasteiger partial charge in [0.1, 0.15) is 5.75 Å². The van der Waals surface area contributed by atoms with E-state index in [1.54, 1.807) is 0 Å². The second-order valence-corrected chi connectivity index (χ2v) is 30.1. The maximum Gasteiger partial charge on any atom is 0.225 e. The van der Waals surface area contributed by atoms with Crippen molar-refractivity contribution < 1.29 is 42.7 Å². The maximum atomic E-state index is 11.2. The summed E-state index contributed by atoms with van der Waals surface area (Å²) in [6.45, 7) is 57.5. The Bertz CT molecular complexity index is 1840. The van der Waals surface area contributed by atoms with Crippen LogP contribution < -0.4 is 60.4 Å². The van der Waals surface area contributed by atoms with Crippen LogP contribution in [-0.2, 0) is 44.6 Å². The van der Waals surface area contributed by atoms with E-state index in [9.17, 15) is 9.59 Å². The topological polar surface area (TPSA) is 315 Å². The number of nitrogens with one attached hydrogen (secondary N) is 4. The average Bonchev–Trinajstić information content (AvgIpc) is 1.19. The quantitative estimate of drug-likeness (QED) is 0.0178. The summed E-state index contributed by atoms with van der Waals surface area (Å²) in [5.74, 6) is 7.89. The number of carbonyl (C=O) groups is 2. The molecule has 2 saturated heterocycles. The van der Waals surface area contributed by atoms with E-state index in [4.69, 9.17) is 67.6 Å². The molecule has 0 unspecified atom stereocenters. The Morgan fingerprint density at radius 3 is 1.36 bits per heavy atom. The van der Waals surface area contributed by atoms with Crippen molar-refractivity contribution in [2.45, 2.75) is 252 Å². The van der Waals surface area contributed by atoms with Gasteiger partial charge in [-0.2, -0.15) is 0 Å². The van der Waals surface area contributed by atoms with Crippen LogP contribution in [0.15, 0.2) is 29.3 Å². The summed E-state index contributed by atoms with van der Waals surface area (Å²) in [4.78, 5) is 25.2. The first-order valence-electron chi connectivity index (χ1n) is 37.0. The summed E-state index contributed by atoms with van der Waals surface area (Å²) in [6.07, 6.45) is 14.8. The molecule has 3 aliphatic carbocycles. The highest BCUT2D eigenvalue weighted by atomic mass is 16.5. The van der Waals surface area contributed by atoms with Crippen LogP contribution in [-0.4, -0.2) is 166 Å². The number of hydrogen-bond acceptors (Lipinski definition) is 16. The Labute approximate surface area is 583 Å². The van der Waals surface area contributed by atoms with E-state index in [-0.39, 0.29) is 23.7 Å². The van der Waals surface area contributed by atoms with Gasteiger partial charge in [-0.15, -0.1) is 0 Å². The number of hydrogen-bond donors (Lipinski definition) is 10. The van der Waals surface area contributed by atoms with E-state index >= 15 is 0 Å². The fourth-order valence-corrected chi connectivity index (χ4v) is 8.13. The van der Waals surface area contributed by atoms with Crippen molar-refractivity contribution >= 4 is 17.8 Å². The molecule has 5 fully saturated rings. The summed E-state index contributed by atoms with van der Waals surface area (Å²) in [7, 11) is 0. The zero-order chi connectivity index (χ0) is 72.5. The highest BCUT2D eigenvalue weighted by molar-refractivity contribution is 5.80. The molecule has 2 aliphatic heterocycles. The molecule has 3 saturated carbocycles. The molecule has 20 nitrogen and oxygen atoms in total. The molecule has 16 N–H and O–H groups in total. The van der Waals surface area contributed by atoms with Gasteiger partial charge in [0.2, 0.25) is 11.8 Å². The lowest BCUT2D eigenvalue weighted by Crippen LogP contribution is -2.51. The Hall–Kier alpha value is -3.25. The number of benzene rings is 1. The summed E-state index contributed by atoms with van der Waals surface area (Å²) < 4.78 is 38.6. The molecule has 1 aromatic rings. The van der Waals surface area contributed by atoms with Gasteiger partial charge in [0.05, 0.1) is 43.5 Å². The van der Waals surface area contributed by atoms with Gasteiger partial charge in [0.15, 0.2) is 5.96 Å². The molecule has 0 bridgehead atoms. The van der Waals surface area contributed by atoms with E-state index in [1.165, 1.54) is 39.0 Å². The van der Waals surface area contributed by atoms with Crippen molar-refractivity contribution in [3.8, 4) is 5.75 Å². The first-order valence-corrected chi connectivity index (χ1v) is 37.0. The van der Waals surface area contributed by atoms with E-state index < -0.39 is 0 Å². The van der Waals surface area contributed by atoms with Crippen LogP contribution in [0.5, 0.6) is 5.75 Å². The maximum absolute atomic E-state index is 11.2. The summed E-state index contributed by atoms with van der Waals surface area (Å²) in [5, 5.41) is 11.9. The Kier molecular flexibility index (Phi) is 63.6. The van der Waals surface area contributed by atoms with E-state index in [0.717, 1.165) is 161 Å². The van der Waals surface area contributed by atoms with Gasteiger partial charge in [-0.25, -0.2) is 0 Å². The second kappa shape index (κ2) is 63.0. The predicted octanol–water partition coefficient (Wildman–Crippen LogP) is 10.8. The fraction of sp³-hybridized carbons (Fsp3) is 0.880. The molecule has 20 heteroatoms. The van der Waals surface area contributed by atoms with Crippen LogP contribution in [0.25, 0.3) is 0 Å². The van der Waals surface area contributed by atoms with Crippen LogP contribution in [0.3, 0.4) is 0 Å². The van der Waals surface area contributed by atoms with E-state index in [2.05, 4.69) is 158 Å². The number of aliphatic imine (C=N–C) groups is 1. The zero-order valence-electron chi connectivity index (χ0n) is 64.7. The van der Waals surface area contributed by atoms with Crippen LogP contribution >= 0.6 is 0 Å². The molecule has 0 aromatic heterocycles. The number of rotatable bonds is 33. The number of ether oxygens (including phenoxy) is 7. The van der Waals surface area contributed by atoms with E-state index in [0.29, 0.717) is 103 Å². The monoisotopic (exact) mass is 1350 g/mol. The third kappa shape index (κ3) is 67.7. The predicted molar refractivity (Wildman–Crippen MR) is 401 cm³/mol. The lowest BCUT2D eigenvalue weighted by molar-refractivity contribution is -0.126. The van der Waals surface area contributed by atoms with Crippen LogP contribution in [0.4, 0.5) is 0 Å². The van der Waals surface area contributed by atoms with Crippen molar-refractivity contribution in [1.29, 1.82) is 0 Å². The first-order chi connectivity index (χ1) is 44.8. The lowest BCUT2D eigenvalue weighted by atomic mass is 9.90. The third-order valence-corrected chi connectivity index (χ3v) is 14.7. The lowest BCUT2D eigenvalue weighted by Gasteiger charge is -2.32. The van der Waals surface area contributed by atoms with Crippen molar-refractivity contribution in [3.63, 3.8) is 0 Å². The minimum absolute atomic E-state index is 0.0544. The molecular weight excluding hydrogens is 1200 g/mol. The normalized spacial score (nSPS) is 18.4. The van der Waals surface area contributed by atoms with Crippen molar-refractivity contribution in [2.75, 3.05) is 112 Å². The van der Waals surface area contributed by atoms with E-state index in [1.807, 2.05) is 24.3 Å². The summed E-state index contributed by atoms with van der Waals surface area (Å²) in [6, 6.07) is 8.75. The highest BCUT2D eigenvalue weighted by Crippen LogP contribution is 2.23. The number of guanidine groups is 1. The van der Waals surface area contributed by atoms with Crippen LogP contribution in [0.2, 0.25) is 0 Å². The second-order valence-electron chi connectivity index (χ2n) is 30.1. The molecule has 0 radical (unpaired) electrons. The molecule has 6 rings (SSSR count). The van der Waals surface area contributed by atoms with Crippen molar-refractivity contribution in [1.82, 2.24) is 21.3 Å². The Balaban J connectivity index is -0.00000100. The largest absolute Gasteiger partial charge is 0.493 e. The molecule has 564 valence electrons. The van der Waals surface area contributed by atoms with Crippen molar-refractivity contribution in [3.05, 3.63) is 29.8 Å². The molecule has 2 amide bonds. The smallest absolute Gasteiger partial charge is 0.225 e. The van der Waals surface area contributed by atoms with Gasteiger partial charge in [0.25, 0.3) is 0 Å². The summed E-state index contributed by atoms with van der Waals surface area (Å²) >= 11 is 0. The average molecular weight is 1360 g/mol. The number of carbonyl (C=O) groups excluding carboxylic acids is 2. The molecule has 1 aromatic carbocycles. The van der Waals surface area contributed by atoms with Gasteiger partial charge < -0.3 is 88.8 Å². The molecule has 2 heterocycles. The standard InChI is InChI=1S/C11H17NO.C10H20O.C8H19N3O.C8H16N2O.3C8H17NO.C8H19NO.C6H13NO/c1-9(2)8-13-11-5-3-10(7-12)4-6-11;1-9(2)8-11-10-6-4-3-5-7-10;1-7(2)6-12-5-3-4-11-8(9)10;1-6(2)3-10-8(11)7-4-9-5-7;1-7(2)5-10-6-8-3-9-4-8;2*1-6(2)5-10-8-3-7(9)4-8;1-7(2)8(3)10-6-4-5-9;1-5(2)4-7-6(3)8/h3-6,9H,7-8,12H2,1-2H3;9-10H,3-8H2,1-2H3;7H,3-6H2,1-2H3,(H4,9,10,11);6-7,9H,3-5H2,1-2H3,(H,10,11);7-9H,3-6H2,1-2H3;2*6-8H,3-5,9H2,1-2H3;7-8H,4-6,9H2,1-3H3;5H,4H2,1-3H3,(H,7,8)/t;;;;;;;8-;/m.......0./s1. The third-order valence-electron chi connectivity index (χ3n) is 14.7. The molecule has 5 aliphatic rings. The zero-order valence-corrected chi connectivity index (χ0v) is 64.7. The van der Waals surface area contributed by atoms with Gasteiger partial charge in [-0.05, 0) is 136 Å². The van der Waals surface area contributed by atoms with Crippen molar-refractivity contribution in [2.24, 2.45) is 104 Å². The minimum atomic E-state index is 0.0544. The van der Waals surface area contributed by atoms with Gasteiger partial charge >= 0.3 is 0 Å². The Morgan fingerprint density at radius 2 is 1.00 bits per heavy atom. The summed E-state index contributed by atoms with van der Waals surface area (Å²) in [5.41, 5.74) is 33.4. The molecular formula is C75H155N11O9. The SMILES string of the molecule is CC(=O)NCC(C)C.CC(C)CNC(=O)C1CNC1.CC(C)COC1CC(N)C1.CC(C)COC1CC(N)C1.CC(C)COC1CCCCC1.CC(C)COCC1CNC1.CC(C)COCCCN=C(N)N.CC(C)COc1ccc(CN)cc1.CC(C)[C@H](C)OCCCN. The number of nitrogens with zero attached hydrogens (tertiary/aromatic N) is 1. The molecule has 0 spiro atoms. The van der Waals surface area contributed by atoms with Gasteiger partial charge in [0, 0.05) is 124 Å². The molecule has 1 atom stereocenters. The minimum Gasteiger partial charge on any atom is -0.493 e. The number of amides is 2. The first kappa shape index (κ1) is 95.9. The van der Waals surface area contributed by atoms with Crippen LogP contribution in [0.1, 0.15) is 215 Å². The van der Waals surface area contributed by atoms with Crippen LogP contribution in [0, 0.1) is 65.1 Å². The van der Waals surface area contributed by atoms with Gasteiger partial charge in [-0.3, -0.25) is 14.6 Å². The van der Waals surface area contributed by atoms with Gasteiger partial charge in [-0.1, -0.05) is 156 Å². The number of nitrogens with two attached hydrogens (primary N) is 6. The Morgan fingerprint density at radius 1 is 0.547 bits per heavy atom. The molecule has 95 heavy (non-hydrogen) atoms. The fourth-order valence-electron chi connectivity index (χ4n) is 8.13. The highest BCUT2D eigenvalue weighted by Gasteiger charge is 2.28.